The van der Waals surface area contributed by atoms with Crippen molar-refractivity contribution >= 4 is 50.9 Å². The third kappa shape index (κ3) is 4.82. The van der Waals surface area contributed by atoms with Gasteiger partial charge < -0.3 is 19.8 Å². The number of hydrogen-bond donors (Lipinski definition) is 2. The second-order valence-corrected chi connectivity index (χ2v) is 8.37. The number of thioether (sulfide) groups is 1. The van der Waals surface area contributed by atoms with Gasteiger partial charge in [-0.2, -0.15) is 0 Å². The number of carbonyl (C=O) groups excluding carboxylic acids is 2. The SMILES string of the molecule is COC(=O)CCCSc1nc2sc(C(=O)Nc3ccccc3OC)c(C)c2c(=O)[nH]1. The first-order valence-corrected chi connectivity index (χ1v) is 10.9. The molecular weight excluding hydrogens is 426 g/mol. The number of esters is 1. The number of thiophene rings is 1. The molecule has 0 unspecified atom stereocenters. The first kappa shape index (κ1) is 21.8. The van der Waals surface area contributed by atoms with E-state index in [1.165, 1.54) is 37.3 Å². The Bertz CT molecular complexity index is 1140. The number of aromatic nitrogens is 2. The fraction of sp³-hybridized carbons (Fsp3) is 0.300. The lowest BCUT2D eigenvalue weighted by Crippen LogP contribution is -2.13. The molecular formula is C20H21N3O5S2. The van der Waals surface area contributed by atoms with Crippen LogP contribution in [0.15, 0.2) is 34.2 Å². The van der Waals surface area contributed by atoms with Gasteiger partial charge in [0, 0.05) is 12.2 Å². The molecule has 0 bridgehead atoms. The number of benzene rings is 1. The molecule has 10 heteroatoms. The number of nitrogens with one attached hydrogen (secondary N) is 2. The Morgan fingerprint density at radius 2 is 2.03 bits per heavy atom. The molecule has 2 heterocycles. The molecule has 0 saturated carbocycles. The van der Waals surface area contributed by atoms with Gasteiger partial charge in [0.05, 0.1) is 30.2 Å². The van der Waals surface area contributed by atoms with Crippen LogP contribution in [0, 0.1) is 6.92 Å². The summed E-state index contributed by atoms with van der Waals surface area (Å²) in [6.45, 7) is 1.73. The van der Waals surface area contributed by atoms with Crippen LogP contribution < -0.4 is 15.6 Å². The minimum absolute atomic E-state index is 0.271. The first-order valence-electron chi connectivity index (χ1n) is 9.12. The van der Waals surface area contributed by atoms with Crippen molar-refractivity contribution in [2.75, 3.05) is 25.3 Å². The van der Waals surface area contributed by atoms with Gasteiger partial charge in [-0.15, -0.1) is 11.3 Å². The van der Waals surface area contributed by atoms with E-state index in [1.807, 2.05) is 6.07 Å². The van der Waals surface area contributed by atoms with Gasteiger partial charge in [-0.1, -0.05) is 23.9 Å². The average Bonchev–Trinajstić information content (AvgIpc) is 3.08. The third-order valence-electron chi connectivity index (χ3n) is 4.33. The summed E-state index contributed by atoms with van der Waals surface area (Å²) in [4.78, 5) is 44.7. The number of H-pyrrole nitrogens is 1. The summed E-state index contributed by atoms with van der Waals surface area (Å²) in [5, 5.41) is 3.69. The molecule has 0 aliphatic heterocycles. The van der Waals surface area contributed by atoms with Crippen molar-refractivity contribution in [3.63, 3.8) is 0 Å². The molecule has 0 atom stereocenters. The van der Waals surface area contributed by atoms with Crippen molar-refractivity contribution in [1.82, 2.24) is 9.97 Å². The highest BCUT2D eigenvalue weighted by Crippen LogP contribution is 2.30. The lowest BCUT2D eigenvalue weighted by Gasteiger charge is -2.09. The molecule has 3 rings (SSSR count). The number of aryl methyl sites for hydroxylation is 1. The van der Waals surface area contributed by atoms with E-state index < -0.39 is 0 Å². The Kier molecular flexibility index (Phi) is 7.11. The molecule has 30 heavy (non-hydrogen) atoms. The van der Waals surface area contributed by atoms with Crippen molar-refractivity contribution in [1.29, 1.82) is 0 Å². The van der Waals surface area contributed by atoms with Gasteiger partial charge in [0.25, 0.3) is 11.5 Å². The number of anilines is 1. The molecule has 1 aromatic carbocycles. The van der Waals surface area contributed by atoms with Crippen LogP contribution in [0.2, 0.25) is 0 Å². The van der Waals surface area contributed by atoms with Gasteiger partial charge in [0.2, 0.25) is 0 Å². The van der Waals surface area contributed by atoms with E-state index in [2.05, 4.69) is 20.0 Å². The molecule has 0 radical (unpaired) electrons. The third-order valence-corrected chi connectivity index (χ3v) is 6.48. The molecule has 2 aromatic heterocycles. The first-order chi connectivity index (χ1) is 14.4. The average molecular weight is 448 g/mol. The zero-order valence-electron chi connectivity index (χ0n) is 16.7. The lowest BCUT2D eigenvalue weighted by atomic mass is 10.2. The number of nitrogens with zero attached hydrogens (tertiary/aromatic N) is 1. The Labute approximate surface area is 181 Å². The molecule has 0 spiro atoms. The molecule has 1 amide bonds. The quantitative estimate of drug-likeness (QED) is 0.235. The van der Waals surface area contributed by atoms with Crippen molar-refractivity contribution in [3.05, 3.63) is 45.1 Å². The maximum Gasteiger partial charge on any atom is 0.305 e. The molecule has 2 N–H and O–H groups in total. The predicted molar refractivity (Wildman–Crippen MR) is 118 cm³/mol. The van der Waals surface area contributed by atoms with E-state index in [0.29, 0.717) is 55.8 Å². The van der Waals surface area contributed by atoms with E-state index >= 15 is 0 Å². The maximum absolute atomic E-state index is 12.8. The van der Waals surface area contributed by atoms with Crippen molar-refractivity contribution < 1.29 is 19.1 Å². The summed E-state index contributed by atoms with van der Waals surface area (Å²) >= 11 is 2.52. The van der Waals surface area contributed by atoms with Crippen LogP contribution >= 0.6 is 23.1 Å². The van der Waals surface area contributed by atoms with Gasteiger partial charge in [-0.05, 0) is 31.0 Å². The van der Waals surface area contributed by atoms with Crippen molar-refractivity contribution in [2.45, 2.75) is 24.9 Å². The van der Waals surface area contributed by atoms with Crippen LogP contribution in [0.25, 0.3) is 10.2 Å². The van der Waals surface area contributed by atoms with Gasteiger partial charge in [0.1, 0.15) is 10.6 Å². The summed E-state index contributed by atoms with van der Waals surface area (Å²) in [5.41, 5.74) is 0.838. The minimum atomic E-state index is -0.327. The summed E-state index contributed by atoms with van der Waals surface area (Å²) < 4.78 is 9.87. The number of rotatable bonds is 8. The fourth-order valence-electron chi connectivity index (χ4n) is 2.82. The second-order valence-electron chi connectivity index (χ2n) is 6.29. The number of amides is 1. The predicted octanol–water partition coefficient (Wildman–Crippen LogP) is 3.60. The fourth-order valence-corrected chi connectivity index (χ4v) is 4.76. The van der Waals surface area contributed by atoms with Crippen LogP contribution in [0.3, 0.4) is 0 Å². The van der Waals surface area contributed by atoms with E-state index in [9.17, 15) is 14.4 Å². The van der Waals surface area contributed by atoms with Crippen LogP contribution in [0.1, 0.15) is 28.1 Å². The van der Waals surface area contributed by atoms with Gasteiger partial charge >= 0.3 is 5.97 Å². The standard InChI is InChI=1S/C20H21N3O5S2/c1-11-15-17(25)22-20(29-10-6-9-14(24)28-3)23-19(15)30-16(11)18(26)21-12-7-4-5-8-13(12)27-2/h4-5,7-8H,6,9-10H2,1-3H3,(H,21,26)(H,22,23,25). The van der Waals surface area contributed by atoms with Gasteiger partial charge in [-0.3, -0.25) is 14.4 Å². The van der Waals surface area contributed by atoms with Gasteiger partial charge in [0.15, 0.2) is 5.16 Å². The number of fused-ring (bicyclic) bond motifs is 1. The second kappa shape index (κ2) is 9.77. The van der Waals surface area contributed by atoms with Crippen LogP contribution in [0.4, 0.5) is 5.69 Å². The Balaban J connectivity index is 1.81. The van der Waals surface area contributed by atoms with Crippen molar-refractivity contribution in [3.8, 4) is 5.75 Å². The summed E-state index contributed by atoms with van der Waals surface area (Å²) in [6.07, 6.45) is 0.913. The maximum atomic E-state index is 12.8. The zero-order valence-corrected chi connectivity index (χ0v) is 18.4. The highest BCUT2D eigenvalue weighted by molar-refractivity contribution is 7.99. The summed E-state index contributed by atoms with van der Waals surface area (Å²) in [5.74, 6) is 0.555. The molecule has 0 aliphatic rings. The highest BCUT2D eigenvalue weighted by Gasteiger charge is 2.20. The molecule has 0 saturated heterocycles. The van der Waals surface area contributed by atoms with Crippen LogP contribution in [-0.4, -0.2) is 41.8 Å². The zero-order chi connectivity index (χ0) is 21.7. The molecule has 8 nitrogen and oxygen atoms in total. The van der Waals surface area contributed by atoms with E-state index in [1.54, 1.807) is 25.1 Å². The molecule has 0 fully saturated rings. The normalized spacial score (nSPS) is 10.8. The number of ether oxygens (including phenoxy) is 2. The van der Waals surface area contributed by atoms with Crippen LogP contribution in [-0.2, 0) is 9.53 Å². The molecule has 158 valence electrons. The van der Waals surface area contributed by atoms with E-state index in [0.717, 1.165) is 0 Å². The lowest BCUT2D eigenvalue weighted by molar-refractivity contribution is -0.140. The number of para-hydroxylation sites is 2. The minimum Gasteiger partial charge on any atom is -0.495 e. The number of carbonyl (C=O) groups is 2. The number of aromatic amines is 1. The number of methoxy groups -OCH3 is 2. The monoisotopic (exact) mass is 447 g/mol. The van der Waals surface area contributed by atoms with E-state index in [-0.39, 0.29) is 17.4 Å². The Morgan fingerprint density at radius 1 is 1.27 bits per heavy atom. The summed E-state index contributed by atoms with van der Waals surface area (Å²) in [6, 6.07) is 7.11. The Hall–Kier alpha value is -2.85. The van der Waals surface area contributed by atoms with Gasteiger partial charge in [-0.25, -0.2) is 4.98 Å². The highest BCUT2D eigenvalue weighted by atomic mass is 32.2. The van der Waals surface area contributed by atoms with Crippen molar-refractivity contribution in [2.24, 2.45) is 0 Å². The smallest absolute Gasteiger partial charge is 0.305 e. The number of hydrogen-bond acceptors (Lipinski definition) is 8. The van der Waals surface area contributed by atoms with Crippen LogP contribution in [0.5, 0.6) is 5.75 Å². The largest absolute Gasteiger partial charge is 0.495 e. The molecule has 3 aromatic rings. The molecule has 0 aliphatic carbocycles. The Morgan fingerprint density at radius 3 is 2.77 bits per heavy atom. The van der Waals surface area contributed by atoms with E-state index in [4.69, 9.17) is 4.74 Å². The topological polar surface area (TPSA) is 110 Å². The summed E-state index contributed by atoms with van der Waals surface area (Å²) in [7, 11) is 2.88.